The van der Waals surface area contributed by atoms with Gasteiger partial charge in [0.2, 0.25) is 5.91 Å². The van der Waals surface area contributed by atoms with Crippen LogP contribution in [0.25, 0.3) is 0 Å². The second-order valence-corrected chi connectivity index (χ2v) is 28.1. The highest BCUT2D eigenvalue weighted by Crippen LogP contribution is 2.24. The van der Waals surface area contributed by atoms with E-state index < -0.39 is 49.5 Å². The number of unbranched alkanes of at least 4 members (excludes halogenated alkanes) is 58. The molecule has 1 saturated heterocycles. The molecule has 7 unspecified atom stereocenters. The summed E-state index contributed by atoms with van der Waals surface area (Å²) in [5.41, 5.74) is 0. The molecule has 0 bridgehead atoms. The Morgan fingerprint density at radius 3 is 1.03 bits per heavy atom. The molecule has 11 nitrogen and oxygen atoms in total. The summed E-state index contributed by atoms with van der Waals surface area (Å²) in [6, 6.07) is -0.804. The van der Waals surface area contributed by atoms with Crippen LogP contribution in [0.15, 0.2) is 12.2 Å². The molecule has 0 aliphatic carbocycles. The van der Waals surface area contributed by atoms with Crippen molar-refractivity contribution in [3.8, 4) is 0 Å². The van der Waals surface area contributed by atoms with Crippen LogP contribution in [0.3, 0.4) is 0 Å². The largest absolute Gasteiger partial charge is 0.466 e. The van der Waals surface area contributed by atoms with Crippen LogP contribution in [0.2, 0.25) is 0 Å². The first-order valence-electron chi connectivity index (χ1n) is 40.0. The summed E-state index contributed by atoms with van der Waals surface area (Å²) in [6.45, 7) is 4.39. The zero-order valence-corrected chi connectivity index (χ0v) is 59.6. The number of rotatable bonds is 72. The van der Waals surface area contributed by atoms with Gasteiger partial charge in [0.15, 0.2) is 6.29 Å². The zero-order valence-electron chi connectivity index (χ0n) is 59.6. The van der Waals surface area contributed by atoms with Gasteiger partial charge in [-0.1, -0.05) is 386 Å². The Morgan fingerprint density at radius 1 is 0.400 bits per heavy atom. The van der Waals surface area contributed by atoms with Gasteiger partial charge in [-0.05, 0) is 32.1 Å². The van der Waals surface area contributed by atoms with Gasteiger partial charge in [0.05, 0.1) is 32.0 Å². The van der Waals surface area contributed by atoms with Gasteiger partial charge in [0, 0.05) is 12.8 Å². The fourth-order valence-electron chi connectivity index (χ4n) is 13.1. The quantitative estimate of drug-likeness (QED) is 0.0195. The van der Waals surface area contributed by atoms with E-state index in [4.69, 9.17) is 14.2 Å². The van der Waals surface area contributed by atoms with Gasteiger partial charge >= 0.3 is 5.97 Å². The Morgan fingerprint density at radius 2 is 0.700 bits per heavy atom. The van der Waals surface area contributed by atoms with Crippen LogP contribution in [0.1, 0.15) is 418 Å². The molecule has 1 heterocycles. The van der Waals surface area contributed by atoms with E-state index in [1.54, 1.807) is 6.08 Å². The molecule has 6 N–H and O–H groups in total. The van der Waals surface area contributed by atoms with Crippen molar-refractivity contribution in [2.45, 2.75) is 461 Å². The minimum atomic E-state index is -1.57. The highest BCUT2D eigenvalue weighted by Gasteiger charge is 2.44. The van der Waals surface area contributed by atoms with Crippen LogP contribution in [0.5, 0.6) is 0 Å². The number of hydrogen-bond acceptors (Lipinski definition) is 10. The van der Waals surface area contributed by atoms with Crippen molar-refractivity contribution < 1.29 is 49.3 Å². The van der Waals surface area contributed by atoms with Gasteiger partial charge in [0.25, 0.3) is 0 Å². The summed E-state index contributed by atoms with van der Waals surface area (Å²) in [5, 5.41) is 54.4. The van der Waals surface area contributed by atoms with Crippen molar-refractivity contribution in [2.24, 2.45) is 0 Å². The van der Waals surface area contributed by atoms with Crippen molar-refractivity contribution in [3.63, 3.8) is 0 Å². The van der Waals surface area contributed by atoms with E-state index in [0.717, 1.165) is 51.4 Å². The maximum atomic E-state index is 13.0. The van der Waals surface area contributed by atoms with Crippen molar-refractivity contribution in [1.82, 2.24) is 5.32 Å². The summed E-state index contributed by atoms with van der Waals surface area (Å²) in [7, 11) is 0. The zero-order chi connectivity index (χ0) is 65.1. The topological polar surface area (TPSA) is 175 Å². The van der Waals surface area contributed by atoms with E-state index >= 15 is 0 Å². The van der Waals surface area contributed by atoms with Crippen LogP contribution < -0.4 is 5.32 Å². The number of carbonyl (C=O) groups excluding carboxylic acids is 2. The molecule has 0 aromatic rings. The first-order chi connectivity index (χ1) is 44.2. The smallest absolute Gasteiger partial charge is 0.305 e. The number of allylic oxidation sites excluding steroid dienone is 1. The molecule has 1 amide bonds. The Bertz CT molecular complexity index is 1500. The van der Waals surface area contributed by atoms with Crippen molar-refractivity contribution in [1.29, 1.82) is 0 Å². The van der Waals surface area contributed by atoms with Gasteiger partial charge in [-0.25, -0.2) is 0 Å². The third kappa shape index (κ3) is 56.7. The Hall–Kier alpha value is -1.60. The molecule has 11 heteroatoms. The summed E-state index contributed by atoms with van der Waals surface area (Å²) < 4.78 is 16.8. The second kappa shape index (κ2) is 68.8. The number of esters is 1. The van der Waals surface area contributed by atoms with Gasteiger partial charge in [-0.15, -0.1) is 0 Å². The first-order valence-corrected chi connectivity index (χ1v) is 40.0. The van der Waals surface area contributed by atoms with Gasteiger partial charge in [-0.3, -0.25) is 9.59 Å². The van der Waals surface area contributed by atoms with Crippen molar-refractivity contribution in [3.05, 3.63) is 12.2 Å². The second-order valence-electron chi connectivity index (χ2n) is 28.1. The summed E-state index contributed by atoms with van der Waals surface area (Å²) in [5.74, 6) is -0.155. The van der Waals surface area contributed by atoms with Crippen LogP contribution in [0, 0.1) is 0 Å². The lowest BCUT2D eigenvalue weighted by molar-refractivity contribution is -0.302. The Kier molecular flexibility index (Phi) is 66.0. The van der Waals surface area contributed by atoms with Crippen molar-refractivity contribution in [2.75, 3.05) is 19.8 Å². The molecule has 1 aliphatic heterocycles. The summed E-state index contributed by atoms with van der Waals surface area (Å²) in [4.78, 5) is 25.2. The molecular weight excluding hydrogens is 1120 g/mol. The highest BCUT2D eigenvalue weighted by atomic mass is 16.7. The summed E-state index contributed by atoms with van der Waals surface area (Å²) >= 11 is 0. The third-order valence-corrected chi connectivity index (χ3v) is 19.4. The molecule has 1 rings (SSSR count). The van der Waals surface area contributed by atoms with E-state index in [9.17, 15) is 35.1 Å². The lowest BCUT2D eigenvalue weighted by Gasteiger charge is -2.40. The van der Waals surface area contributed by atoms with Crippen LogP contribution in [-0.2, 0) is 23.8 Å². The Balaban J connectivity index is 1.85. The average molecular weight is 1280 g/mol. The molecular formula is C79H153NO10. The standard InChI is InChI=1S/C79H153NO10/c1-3-5-7-9-11-13-15-16-17-18-34-38-41-44-47-51-55-59-63-67-75(84)88-68-64-60-56-52-48-45-42-39-36-33-31-29-27-25-23-21-19-20-22-24-26-28-30-32-35-37-40-43-46-50-54-58-62-66-74(83)80-71(70-89-79-78(87)77(86)76(85)73(69-81)90-79)72(82)65-61-57-53-49-14-12-10-8-6-4-2/h61,65,71-73,76-79,81-82,85-87H,3-60,62-64,66-70H2,1-2H3,(H,80,83)/b65-61+. The van der Waals surface area contributed by atoms with E-state index in [1.165, 1.54) is 340 Å². The number of ether oxygens (including phenoxy) is 3. The maximum Gasteiger partial charge on any atom is 0.305 e. The molecule has 0 aromatic carbocycles. The predicted octanol–water partition coefficient (Wildman–Crippen LogP) is 21.4. The lowest BCUT2D eigenvalue weighted by atomic mass is 9.99. The van der Waals surface area contributed by atoms with Crippen LogP contribution >= 0.6 is 0 Å². The molecule has 0 radical (unpaired) electrons. The molecule has 7 atom stereocenters. The summed E-state index contributed by atoms with van der Waals surface area (Å²) in [6.07, 6.45) is 76.9. The number of nitrogens with one attached hydrogen (secondary N) is 1. The molecule has 1 aliphatic rings. The van der Waals surface area contributed by atoms with E-state index in [1.807, 2.05) is 6.08 Å². The van der Waals surface area contributed by atoms with Crippen molar-refractivity contribution >= 4 is 11.9 Å². The van der Waals surface area contributed by atoms with Crippen LogP contribution in [0.4, 0.5) is 0 Å². The molecule has 1 fully saturated rings. The molecule has 534 valence electrons. The number of aliphatic hydroxyl groups is 5. The average Bonchev–Trinajstić information content (AvgIpc) is 2.62. The van der Waals surface area contributed by atoms with E-state index in [2.05, 4.69) is 19.2 Å². The normalized spacial score (nSPS) is 17.6. The van der Waals surface area contributed by atoms with Crippen LogP contribution in [-0.4, -0.2) is 100 Å². The number of hydrogen-bond donors (Lipinski definition) is 6. The first kappa shape index (κ1) is 86.4. The maximum absolute atomic E-state index is 13.0. The van der Waals surface area contributed by atoms with Gasteiger partial charge in [0.1, 0.15) is 24.4 Å². The fraction of sp³-hybridized carbons (Fsp3) is 0.949. The number of aliphatic hydroxyl groups excluding tert-OH is 5. The monoisotopic (exact) mass is 1280 g/mol. The minimum absolute atomic E-state index is 0.0204. The third-order valence-electron chi connectivity index (χ3n) is 19.4. The predicted molar refractivity (Wildman–Crippen MR) is 380 cm³/mol. The Labute approximate surface area is 557 Å². The van der Waals surface area contributed by atoms with Gasteiger partial charge in [-0.2, -0.15) is 0 Å². The highest BCUT2D eigenvalue weighted by molar-refractivity contribution is 5.76. The molecule has 0 aromatic heterocycles. The van der Waals surface area contributed by atoms with E-state index in [-0.39, 0.29) is 18.5 Å². The number of amides is 1. The van der Waals surface area contributed by atoms with E-state index in [0.29, 0.717) is 19.4 Å². The lowest BCUT2D eigenvalue weighted by Crippen LogP contribution is -2.60. The molecule has 0 spiro atoms. The minimum Gasteiger partial charge on any atom is -0.466 e. The molecule has 90 heavy (non-hydrogen) atoms. The fourth-order valence-corrected chi connectivity index (χ4v) is 13.1. The molecule has 0 saturated carbocycles. The van der Waals surface area contributed by atoms with Gasteiger partial charge < -0.3 is 45.1 Å². The number of carbonyl (C=O) groups is 2. The SMILES string of the molecule is CCCCCCCCCC/C=C/C(O)C(COC1OC(CO)C(O)C(O)C1O)NC(=O)CCCCCCCCCCCCCCCCCCCCCCCCCCCCCCCCCCCOC(=O)CCCCCCCCCCCCCCCCCCCCC.